The second kappa shape index (κ2) is 10.6. The van der Waals surface area contributed by atoms with Crippen molar-refractivity contribution in [3.8, 4) is 45.5 Å². The lowest BCUT2D eigenvalue weighted by Gasteiger charge is -2.42. The van der Waals surface area contributed by atoms with Crippen molar-refractivity contribution in [3.05, 3.63) is 100 Å². The molecule has 9 rings (SSSR count). The maximum Gasteiger partial charge on any atom is 0.264 e. The second-order valence-electron chi connectivity index (χ2n) is 18.5. The van der Waals surface area contributed by atoms with E-state index in [0.717, 1.165) is 50.8 Å². The Morgan fingerprint density at radius 1 is 0.510 bits per heavy atom. The molecule has 2 aliphatic heterocycles. The first-order valence-corrected chi connectivity index (χ1v) is 18.8. The van der Waals surface area contributed by atoms with Gasteiger partial charge in [0.25, 0.3) is 6.71 Å². The van der Waals surface area contributed by atoms with Gasteiger partial charge >= 0.3 is 0 Å². The van der Waals surface area contributed by atoms with Gasteiger partial charge in [-0.1, -0.05) is 73.6 Å². The molecule has 51 heavy (non-hydrogen) atoms. The molecule has 0 unspecified atom stereocenters. The topological polar surface area (TPSA) is 44.2 Å². The Bertz CT molecular complexity index is 2160. The van der Waals surface area contributed by atoms with E-state index in [1.54, 1.807) is 0 Å². The van der Waals surface area contributed by atoms with Gasteiger partial charge in [-0.2, -0.15) is 0 Å². The molecule has 0 saturated carbocycles. The summed E-state index contributed by atoms with van der Waals surface area (Å²) in [6.07, 6.45) is 8.81. The van der Waals surface area contributed by atoms with Crippen LogP contribution < -0.4 is 25.9 Å². The maximum absolute atomic E-state index is 6.69. The number of benzene rings is 3. The molecule has 0 amide bonds. The van der Waals surface area contributed by atoms with Gasteiger partial charge in [0.2, 0.25) is 0 Å². The SMILES string of the molecule is Cc1cc2c(cc1-c1cc3c(cn1)B1c4cnc(-c5cc6c(cc5C)C(C)(C)CCC6(C)C)cc4Oc4cccc(c41)O3)C(C)(C)CCC2(C)C. The fourth-order valence-corrected chi connectivity index (χ4v) is 9.50. The molecule has 5 heteroatoms. The van der Waals surface area contributed by atoms with E-state index < -0.39 is 0 Å². The summed E-state index contributed by atoms with van der Waals surface area (Å²) in [6.45, 7) is 23.4. The number of nitrogens with zero attached hydrogens (tertiary/aromatic N) is 2. The van der Waals surface area contributed by atoms with Crippen LogP contribution in [-0.2, 0) is 21.7 Å². The predicted octanol–water partition coefficient (Wildman–Crippen LogP) is 9.85. The molecule has 0 radical (unpaired) electrons. The molecule has 4 aliphatic rings. The minimum absolute atomic E-state index is 0.0828. The molecule has 5 aromatic rings. The minimum atomic E-state index is -0.0828. The highest BCUT2D eigenvalue weighted by molar-refractivity contribution is 6.98. The molecule has 0 atom stereocenters. The first-order chi connectivity index (χ1) is 24.0. The van der Waals surface area contributed by atoms with Crippen molar-refractivity contribution in [2.24, 2.45) is 0 Å². The van der Waals surface area contributed by atoms with Gasteiger partial charge in [-0.3, -0.25) is 9.97 Å². The molecule has 0 saturated heterocycles. The fourth-order valence-electron chi connectivity index (χ4n) is 9.50. The Kier molecular flexibility index (Phi) is 6.75. The summed E-state index contributed by atoms with van der Waals surface area (Å²) in [7, 11) is 0. The molecule has 4 nitrogen and oxygen atoms in total. The number of ether oxygens (including phenoxy) is 2. The van der Waals surface area contributed by atoms with Crippen LogP contribution in [0.25, 0.3) is 22.5 Å². The quantitative estimate of drug-likeness (QED) is 0.172. The van der Waals surface area contributed by atoms with Crippen molar-refractivity contribution in [2.45, 2.75) is 117 Å². The number of fused-ring (bicyclic) bond motifs is 6. The highest BCUT2D eigenvalue weighted by Gasteiger charge is 2.42. The largest absolute Gasteiger partial charge is 0.458 e. The van der Waals surface area contributed by atoms with Gasteiger partial charge in [-0.25, -0.2) is 0 Å². The molecule has 3 aromatic carbocycles. The normalized spacial score (nSPS) is 19.4. The Balaban J connectivity index is 1.15. The molecule has 258 valence electrons. The van der Waals surface area contributed by atoms with Crippen LogP contribution in [0.2, 0.25) is 0 Å². The average Bonchev–Trinajstić information content (AvgIpc) is 3.08. The Morgan fingerprint density at radius 2 is 0.882 bits per heavy atom. The van der Waals surface area contributed by atoms with E-state index in [1.165, 1.54) is 70.2 Å². The van der Waals surface area contributed by atoms with Crippen LogP contribution >= 0.6 is 0 Å². The van der Waals surface area contributed by atoms with Gasteiger partial charge in [-0.05, 0) is 130 Å². The molecular formula is C46H49BN2O2. The van der Waals surface area contributed by atoms with Crippen LogP contribution in [0.3, 0.4) is 0 Å². The van der Waals surface area contributed by atoms with E-state index >= 15 is 0 Å². The lowest BCUT2D eigenvalue weighted by atomic mass is 9.35. The van der Waals surface area contributed by atoms with Crippen LogP contribution in [0.5, 0.6) is 23.0 Å². The van der Waals surface area contributed by atoms with Gasteiger partial charge in [0.1, 0.15) is 23.0 Å². The van der Waals surface area contributed by atoms with Crippen LogP contribution in [0.15, 0.2) is 67.0 Å². The van der Waals surface area contributed by atoms with Crippen LogP contribution in [0, 0.1) is 13.8 Å². The summed E-state index contributed by atoms with van der Waals surface area (Å²) in [6, 6.07) is 20.1. The van der Waals surface area contributed by atoms with Crippen molar-refractivity contribution >= 4 is 23.1 Å². The zero-order chi connectivity index (χ0) is 35.8. The van der Waals surface area contributed by atoms with E-state index in [1.807, 2.05) is 18.5 Å². The molecule has 0 N–H and O–H groups in total. The van der Waals surface area contributed by atoms with Gasteiger partial charge in [0.15, 0.2) is 0 Å². The second-order valence-corrected chi connectivity index (χ2v) is 18.5. The number of aromatic nitrogens is 2. The highest BCUT2D eigenvalue weighted by Crippen LogP contribution is 2.49. The average molecular weight is 673 g/mol. The van der Waals surface area contributed by atoms with Crippen LogP contribution in [0.1, 0.15) is 114 Å². The number of hydrogen-bond donors (Lipinski definition) is 0. The van der Waals surface area contributed by atoms with E-state index in [4.69, 9.17) is 19.4 Å². The van der Waals surface area contributed by atoms with Crippen molar-refractivity contribution in [1.82, 2.24) is 9.97 Å². The van der Waals surface area contributed by atoms with Crippen molar-refractivity contribution in [2.75, 3.05) is 0 Å². The lowest BCUT2D eigenvalue weighted by molar-refractivity contribution is 0.332. The molecule has 4 heterocycles. The molecule has 2 aliphatic carbocycles. The standard InChI is InChI=1S/C46H49BN2O2/c1-26-18-30-32(45(7,8)16-14-43(30,3)4)20-28(26)36-22-40-34(24-48-36)47-35-25-49-37(23-41(35)51-39-13-11-12-38(50-40)42(39)47)29-21-33-31(19-27(29)2)44(5,6)15-17-46(33,9)10/h11-13,18-25H,14-17H2,1-10H3. The smallest absolute Gasteiger partial charge is 0.264 e. The highest BCUT2D eigenvalue weighted by atomic mass is 16.5. The number of aryl methyl sites for hydroxylation is 2. The van der Waals surface area contributed by atoms with Gasteiger partial charge < -0.3 is 9.47 Å². The molecular weight excluding hydrogens is 623 g/mol. The third kappa shape index (κ3) is 4.86. The lowest BCUT2D eigenvalue weighted by Crippen LogP contribution is -2.57. The summed E-state index contributed by atoms with van der Waals surface area (Å²) in [5.74, 6) is 3.35. The first kappa shape index (κ1) is 32.5. The Hall–Kier alpha value is -4.38. The van der Waals surface area contributed by atoms with Crippen molar-refractivity contribution in [1.29, 1.82) is 0 Å². The zero-order valence-corrected chi connectivity index (χ0v) is 32.0. The number of pyridine rings is 2. The van der Waals surface area contributed by atoms with Gasteiger partial charge in [0, 0.05) is 41.1 Å². The fraction of sp³-hybridized carbons (Fsp3) is 0.391. The van der Waals surface area contributed by atoms with Crippen molar-refractivity contribution in [3.63, 3.8) is 0 Å². The van der Waals surface area contributed by atoms with E-state index in [9.17, 15) is 0 Å². The maximum atomic E-state index is 6.69. The summed E-state index contributed by atoms with van der Waals surface area (Å²) in [5.41, 5.74) is 16.3. The summed E-state index contributed by atoms with van der Waals surface area (Å²) < 4.78 is 13.4. The molecule has 0 bridgehead atoms. The number of rotatable bonds is 2. The molecule has 2 aromatic heterocycles. The summed E-state index contributed by atoms with van der Waals surface area (Å²) in [5, 5.41) is 0. The molecule has 0 fully saturated rings. The number of hydrogen-bond acceptors (Lipinski definition) is 4. The molecule has 0 spiro atoms. The van der Waals surface area contributed by atoms with Crippen molar-refractivity contribution < 1.29 is 9.47 Å². The van der Waals surface area contributed by atoms with E-state index in [-0.39, 0.29) is 28.4 Å². The van der Waals surface area contributed by atoms with Gasteiger partial charge in [0.05, 0.1) is 11.4 Å². The van der Waals surface area contributed by atoms with E-state index in [0.29, 0.717) is 0 Å². The summed E-state index contributed by atoms with van der Waals surface area (Å²) in [4.78, 5) is 10.3. The first-order valence-electron chi connectivity index (χ1n) is 18.8. The summed E-state index contributed by atoms with van der Waals surface area (Å²) >= 11 is 0. The third-order valence-electron chi connectivity index (χ3n) is 13.1. The Labute approximate surface area is 304 Å². The zero-order valence-electron chi connectivity index (χ0n) is 32.0. The van der Waals surface area contributed by atoms with Crippen LogP contribution in [0.4, 0.5) is 0 Å². The van der Waals surface area contributed by atoms with Gasteiger partial charge in [-0.15, -0.1) is 0 Å². The Morgan fingerprint density at radius 3 is 1.27 bits per heavy atom. The monoisotopic (exact) mass is 672 g/mol. The third-order valence-corrected chi connectivity index (χ3v) is 13.1. The van der Waals surface area contributed by atoms with Crippen LogP contribution in [-0.4, -0.2) is 16.7 Å². The minimum Gasteiger partial charge on any atom is -0.458 e. The van der Waals surface area contributed by atoms with E-state index in [2.05, 4.69) is 118 Å². The predicted molar refractivity (Wildman–Crippen MR) is 211 cm³/mol.